The molecule has 0 fully saturated rings. The second kappa shape index (κ2) is 5.94. The third-order valence-corrected chi connectivity index (χ3v) is 4.05. The Kier molecular flexibility index (Phi) is 3.84. The standard InChI is InChI=1S/C14H12N4O3S/c15-18-12(11-2-1-7-21-11)16-17-14(18)22-8-9-3-5-10(6-4-9)13(19)20/h1-7H,8,15H2,(H,19,20)/p+1. The number of nitrogens with two attached hydrogens (primary N) is 1. The number of aromatic carboxylic acids is 1. The van der Waals surface area contributed by atoms with Crippen LogP contribution in [-0.4, -0.2) is 21.3 Å². The number of nitrogen functional groups attached to an aromatic ring is 1. The summed E-state index contributed by atoms with van der Waals surface area (Å²) in [6, 6.07) is 10.3. The number of carboxylic acid groups (broad SMARTS) is 1. The maximum atomic E-state index is 10.8. The summed E-state index contributed by atoms with van der Waals surface area (Å²) in [5.41, 5.74) is 1.25. The normalized spacial score (nSPS) is 10.7. The van der Waals surface area contributed by atoms with Crippen molar-refractivity contribution in [1.82, 2.24) is 10.2 Å². The van der Waals surface area contributed by atoms with Gasteiger partial charge in [-0.1, -0.05) is 12.1 Å². The number of hydrogen-bond acceptors (Lipinski definition) is 5. The number of hydrogen-bond donors (Lipinski definition) is 3. The van der Waals surface area contributed by atoms with Gasteiger partial charge in [-0.2, -0.15) is 0 Å². The van der Waals surface area contributed by atoms with E-state index in [1.54, 1.807) is 42.7 Å². The molecular formula is C14H13N4O3S+. The Morgan fingerprint density at radius 1 is 1.36 bits per heavy atom. The zero-order valence-corrected chi connectivity index (χ0v) is 12.2. The molecule has 2 heterocycles. The van der Waals surface area contributed by atoms with Gasteiger partial charge in [0.05, 0.1) is 16.9 Å². The van der Waals surface area contributed by atoms with E-state index in [2.05, 4.69) is 10.2 Å². The van der Waals surface area contributed by atoms with Gasteiger partial charge in [0, 0.05) is 5.75 Å². The van der Waals surface area contributed by atoms with Crippen LogP contribution in [0.1, 0.15) is 15.9 Å². The van der Waals surface area contributed by atoms with E-state index >= 15 is 0 Å². The predicted molar refractivity (Wildman–Crippen MR) is 79.6 cm³/mol. The Labute approximate surface area is 129 Å². The van der Waals surface area contributed by atoms with Crippen LogP contribution < -0.4 is 10.5 Å². The SMILES string of the molecule is N[n+]1c(SCc2ccc(C(=O)O)cc2)n[nH]c1-c1ccco1. The Morgan fingerprint density at radius 2 is 2.14 bits per heavy atom. The summed E-state index contributed by atoms with van der Waals surface area (Å²) in [6.45, 7) is 0. The van der Waals surface area contributed by atoms with Crippen LogP contribution in [0.3, 0.4) is 0 Å². The molecule has 0 saturated heterocycles. The van der Waals surface area contributed by atoms with Crippen LogP contribution in [0.4, 0.5) is 0 Å². The van der Waals surface area contributed by atoms with E-state index in [1.165, 1.54) is 16.4 Å². The molecule has 0 atom stereocenters. The zero-order valence-electron chi connectivity index (χ0n) is 11.4. The highest BCUT2D eigenvalue weighted by atomic mass is 32.2. The predicted octanol–water partition coefficient (Wildman–Crippen LogP) is 1.66. The highest BCUT2D eigenvalue weighted by Crippen LogP contribution is 2.20. The molecule has 0 amide bonds. The zero-order chi connectivity index (χ0) is 15.5. The van der Waals surface area contributed by atoms with E-state index in [4.69, 9.17) is 15.4 Å². The molecule has 3 aromatic rings. The molecule has 112 valence electrons. The molecular weight excluding hydrogens is 304 g/mol. The summed E-state index contributed by atoms with van der Waals surface area (Å²) in [5, 5.41) is 16.5. The first-order chi connectivity index (χ1) is 10.6. The summed E-state index contributed by atoms with van der Waals surface area (Å²) < 4.78 is 6.70. The fourth-order valence-corrected chi connectivity index (χ4v) is 2.71. The first kappa shape index (κ1) is 14.2. The number of nitrogens with zero attached hydrogens (tertiary/aromatic N) is 2. The molecule has 1 aromatic carbocycles. The molecule has 0 saturated carbocycles. The molecule has 0 aliphatic rings. The van der Waals surface area contributed by atoms with Crippen LogP contribution in [0, 0.1) is 0 Å². The van der Waals surface area contributed by atoms with E-state index in [-0.39, 0.29) is 5.56 Å². The first-order valence-electron chi connectivity index (χ1n) is 6.39. The van der Waals surface area contributed by atoms with Gasteiger partial charge < -0.3 is 9.52 Å². The second-order valence-corrected chi connectivity index (χ2v) is 5.44. The molecule has 3 rings (SSSR count). The molecule has 8 heteroatoms. The van der Waals surface area contributed by atoms with E-state index in [0.29, 0.717) is 22.5 Å². The average molecular weight is 317 g/mol. The van der Waals surface area contributed by atoms with E-state index in [1.807, 2.05) is 0 Å². The van der Waals surface area contributed by atoms with Crippen molar-refractivity contribution in [2.45, 2.75) is 10.9 Å². The molecule has 7 nitrogen and oxygen atoms in total. The van der Waals surface area contributed by atoms with E-state index in [9.17, 15) is 4.79 Å². The molecule has 0 aliphatic heterocycles. The van der Waals surface area contributed by atoms with Gasteiger partial charge in [0.1, 0.15) is 0 Å². The fraction of sp³-hybridized carbons (Fsp3) is 0.0714. The lowest BCUT2D eigenvalue weighted by Gasteiger charge is -1.99. The topological polar surface area (TPSA) is 109 Å². The van der Waals surface area contributed by atoms with Gasteiger partial charge >= 0.3 is 17.0 Å². The third kappa shape index (κ3) is 2.82. The van der Waals surface area contributed by atoms with Crippen molar-refractivity contribution in [1.29, 1.82) is 0 Å². The van der Waals surface area contributed by atoms with Gasteiger partial charge in [-0.05, 0) is 41.6 Å². The Morgan fingerprint density at radius 3 is 2.77 bits per heavy atom. The van der Waals surface area contributed by atoms with Gasteiger partial charge in [-0.15, -0.1) is 9.77 Å². The molecule has 2 aromatic heterocycles. The maximum absolute atomic E-state index is 10.8. The monoisotopic (exact) mass is 317 g/mol. The quantitative estimate of drug-likeness (QED) is 0.375. The average Bonchev–Trinajstić information content (AvgIpc) is 3.15. The summed E-state index contributed by atoms with van der Waals surface area (Å²) in [5.74, 6) is 6.86. The molecule has 0 unspecified atom stereocenters. The van der Waals surface area contributed by atoms with Gasteiger partial charge in [0.15, 0.2) is 0 Å². The number of aromatic amines is 1. The lowest BCUT2D eigenvalue weighted by molar-refractivity contribution is -0.667. The third-order valence-electron chi connectivity index (χ3n) is 3.03. The lowest BCUT2D eigenvalue weighted by atomic mass is 10.1. The van der Waals surface area contributed by atoms with E-state index in [0.717, 1.165) is 5.56 Å². The number of aromatic nitrogens is 3. The number of rotatable bonds is 5. The first-order valence-corrected chi connectivity index (χ1v) is 7.38. The van der Waals surface area contributed by atoms with Crippen LogP contribution in [0.15, 0.2) is 52.2 Å². The molecule has 22 heavy (non-hydrogen) atoms. The maximum Gasteiger partial charge on any atom is 0.358 e. The van der Waals surface area contributed by atoms with Crippen molar-refractivity contribution in [2.24, 2.45) is 0 Å². The molecule has 0 bridgehead atoms. The van der Waals surface area contributed by atoms with E-state index < -0.39 is 5.97 Å². The fourth-order valence-electron chi connectivity index (χ4n) is 1.88. The Bertz CT molecular complexity index is 781. The molecule has 4 N–H and O–H groups in total. The minimum absolute atomic E-state index is 0.266. The van der Waals surface area contributed by atoms with Crippen LogP contribution in [0.2, 0.25) is 0 Å². The van der Waals surface area contributed by atoms with Crippen molar-refractivity contribution < 1.29 is 19.0 Å². The van der Waals surface area contributed by atoms with Crippen molar-refractivity contribution in [3.63, 3.8) is 0 Å². The highest BCUT2D eigenvalue weighted by Gasteiger charge is 2.21. The van der Waals surface area contributed by atoms with Crippen molar-refractivity contribution >= 4 is 17.7 Å². The number of carboxylic acids is 1. The number of benzene rings is 1. The van der Waals surface area contributed by atoms with Crippen LogP contribution in [0.5, 0.6) is 0 Å². The molecule has 0 spiro atoms. The summed E-state index contributed by atoms with van der Waals surface area (Å²) in [6.07, 6.45) is 1.56. The van der Waals surface area contributed by atoms with Gasteiger partial charge in [-0.25, -0.2) is 4.79 Å². The Balaban J connectivity index is 1.70. The lowest BCUT2D eigenvalue weighted by Crippen LogP contribution is -2.46. The Hall–Kier alpha value is -2.74. The van der Waals surface area contributed by atoms with Crippen LogP contribution >= 0.6 is 11.8 Å². The largest absolute Gasteiger partial charge is 0.478 e. The smallest absolute Gasteiger partial charge is 0.358 e. The number of furan rings is 1. The van der Waals surface area contributed by atoms with Crippen molar-refractivity contribution in [2.75, 3.05) is 5.84 Å². The van der Waals surface area contributed by atoms with Crippen LogP contribution in [0.25, 0.3) is 11.6 Å². The summed E-state index contributed by atoms with van der Waals surface area (Å²) >= 11 is 1.44. The molecule has 0 radical (unpaired) electrons. The number of thioether (sulfide) groups is 1. The number of nitrogens with one attached hydrogen (secondary N) is 1. The summed E-state index contributed by atoms with van der Waals surface area (Å²) in [4.78, 5) is 10.8. The summed E-state index contributed by atoms with van der Waals surface area (Å²) in [7, 11) is 0. The van der Waals surface area contributed by atoms with Crippen molar-refractivity contribution in [3.8, 4) is 11.6 Å². The minimum Gasteiger partial charge on any atom is -0.478 e. The minimum atomic E-state index is -0.936. The number of carbonyl (C=O) groups is 1. The van der Waals surface area contributed by atoms with Gasteiger partial charge in [0.25, 0.3) is 0 Å². The molecule has 0 aliphatic carbocycles. The number of H-pyrrole nitrogens is 1. The van der Waals surface area contributed by atoms with Gasteiger partial charge in [0.2, 0.25) is 5.76 Å². The van der Waals surface area contributed by atoms with Crippen molar-refractivity contribution in [3.05, 3.63) is 53.8 Å². The second-order valence-electron chi connectivity index (χ2n) is 4.49. The highest BCUT2D eigenvalue weighted by molar-refractivity contribution is 7.98. The van der Waals surface area contributed by atoms with Gasteiger partial charge in [-0.3, -0.25) is 5.84 Å². The van der Waals surface area contributed by atoms with Crippen LogP contribution in [-0.2, 0) is 5.75 Å².